The molecule has 2 aromatic rings. The van der Waals surface area contributed by atoms with E-state index in [4.69, 9.17) is 0 Å². The monoisotopic (exact) mass is 256 g/mol. The van der Waals surface area contributed by atoms with Gasteiger partial charge in [-0.3, -0.25) is 9.48 Å². The summed E-state index contributed by atoms with van der Waals surface area (Å²) in [6, 6.07) is 7.70. The Bertz CT molecular complexity index is 611. The van der Waals surface area contributed by atoms with Crippen molar-refractivity contribution in [2.45, 2.75) is 40.7 Å². The van der Waals surface area contributed by atoms with Crippen LogP contribution in [0, 0.1) is 20.8 Å². The molecule has 3 nitrogen and oxygen atoms in total. The van der Waals surface area contributed by atoms with Gasteiger partial charge < -0.3 is 0 Å². The van der Waals surface area contributed by atoms with Crippen molar-refractivity contribution >= 4 is 5.78 Å². The molecule has 0 saturated carbocycles. The molecule has 0 unspecified atom stereocenters. The Labute approximate surface area is 114 Å². The van der Waals surface area contributed by atoms with Gasteiger partial charge in [0.15, 0.2) is 5.78 Å². The molecule has 0 fully saturated rings. The Hall–Kier alpha value is -1.90. The van der Waals surface area contributed by atoms with Crippen molar-refractivity contribution in [3.63, 3.8) is 0 Å². The zero-order chi connectivity index (χ0) is 14.0. The van der Waals surface area contributed by atoms with Crippen molar-refractivity contribution in [3.05, 3.63) is 52.3 Å². The molecule has 2 rings (SSSR count). The molecule has 0 radical (unpaired) electrons. The van der Waals surface area contributed by atoms with E-state index in [1.807, 2.05) is 49.7 Å². The van der Waals surface area contributed by atoms with Gasteiger partial charge >= 0.3 is 0 Å². The van der Waals surface area contributed by atoms with Crippen LogP contribution in [-0.4, -0.2) is 15.6 Å². The van der Waals surface area contributed by atoms with Gasteiger partial charge in [0.1, 0.15) is 6.54 Å². The first-order valence-electron chi connectivity index (χ1n) is 6.65. The van der Waals surface area contributed by atoms with Crippen LogP contribution in [0.2, 0.25) is 0 Å². The summed E-state index contributed by atoms with van der Waals surface area (Å²) in [5.74, 6) is 0.108. The van der Waals surface area contributed by atoms with Crippen LogP contribution in [0.25, 0.3) is 0 Å². The third kappa shape index (κ3) is 2.75. The van der Waals surface area contributed by atoms with E-state index in [0.717, 1.165) is 28.9 Å². The number of aromatic nitrogens is 2. The number of carbonyl (C=O) groups excluding carboxylic acids is 1. The summed E-state index contributed by atoms with van der Waals surface area (Å²) >= 11 is 0. The van der Waals surface area contributed by atoms with E-state index in [9.17, 15) is 4.79 Å². The van der Waals surface area contributed by atoms with Gasteiger partial charge in [-0.1, -0.05) is 30.7 Å². The molecule has 0 bridgehead atoms. The molecule has 1 heterocycles. The number of ketones is 1. The van der Waals surface area contributed by atoms with Gasteiger partial charge in [-0.15, -0.1) is 0 Å². The number of aryl methyl sites for hydroxylation is 2. The minimum absolute atomic E-state index is 0.108. The Morgan fingerprint density at radius 2 is 2.00 bits per heavy atom. The predicted molar refractivity (Wildman–Crippen MR) is 76.6 cm³/mol. The standard InChI is InChI=1S/C16H20N2O/c1-5-15-12(3)17-18(13(15)4)10-16(19)14-8-6-7-11(2)9-14/h6-9H,5,10H2,1-4H3. The molecular weight excluding hydrogens is 236 g/mol. The molecule has 0 saturated heterocycles. The molecule has 0 aliphatic carbocycles. The topological polar surface area (TPSA) is 34.9 Å². The van der Waals surface area contributed by atoms with E-state index in [1.165, 1.54) is 5.56 Å². The van der Waals surface area contributed by atoms with Crippen LogP contribution in [0.3, 0.4) is 0 Å². The molecule has 1 aromatic carbocycles. The zero-order valence-corrected chi connectivity index (χ0v) is 12.0. The lowest BCUT2D eigenvalue weighted by molar-refractivity contribution is 0.0966. The van der Waals surface area contributed by atoms with Crippen LogP contribution >= 0.6 is 0 Å². The van der Waals surface area contributed by atoms with Crippen LogP contribution in [0.15, 0.2) is 24.3 Å². The lowest BCUT2D eigenvalue weighted by Gasteiger charge is -2.05. The van der Waals surface area contributed by atoms with Crippen LogP contribution in [0.5, 0.6) is 0 Å². The number of carbonyl (C=O) groups is 1. The molecule has 0 spiro atoms. The highest BCUT2D eigenvalue weighted by Crippen LogP contribution is 2.14. The second-order valence-corrected chi connectivity index (χ2v) is 4.95. The quantitative estimate of drug-likeness (QED) is 0.787. The van der Waals surface area contributed by atoms with Gasteiger partial charge in [0, 0.05) is 11.3 Å². The Kier molecular flexibility index (Phi) is 3.84. The molecule has 0 aliphatic heterocycles. The molecule has 19 heavy (non-hydrogen) atoms. The van der Waals surface area contributed by atoms with Crippen molar-refractivity contribution in [3.8, 4) is 0 Å². The molecule has 0 amide bonds. The van der Waals surface area contributed by atoms with E-state index in [2.05, 4.69) is 12.0 Å². The fourth-order valence-corrected chi connectivity index (χ4v) is 2.45. The average molecular weight is 256 g/mol. The van der Waals surface area contributed by atoms with Crippen molar-refractivity contribution < 1.29 is 4.79 Å². The summed E-state index contributed by atoms with van der Waals surface area (Å²) < 4.78 is 1.82. The second kappa shape index (κ2) is 5.39. The maximum Gasteiger partial charge on any atom is 0.184 e. The first-order valence-corrected chi connectivity index (χ1v) is 6.65. The molecule has 0 N–H and O–H groups in total. The van der Waals surface area contributed by atoms with Crippen molar-refractivity contribution in [1.82, 2.24) is 9.78 Å². The summed E-state index contributed by atoms with van der Waals surface area (Å²) in [6.45, 7) is 8.46. The SMILES string of the molecule is CCc1c(C)nn(CC(=O)c2cccc(C)c2)c1C. The fourth-order valence-electron chi connectivity index (χ4n) is 2.45. The zero-order valence-electron chi connectivity index (χ0n) is 12.0. The first kappa shape index (κ1) is 13.5. The van der Waals surface area contributed by atoms with Crippen LogP contribution in [-0.2, 0) is 13.0 Å². The fraction of sp³-hybridized carbons (Fsp3) is 0.375. The lowest BCUT2D eigenvalue weighted by atomic mass is 10.1. The van der Waals surface area contributed by atoms with Crippen LogP contribution in [0.4, 0.5) is 0 Å². The van der Waals surface area contributed by atoms with Gasteiger partial charge in [0.05, 0.1) is 5.69 Å². The minimum atomic E-state index is 0.108. The highest BCUT2D eigenvalue weighted by molar-refractivity contribution is 5.96. The van der Waals surface area contributed by atoms with Crippen molar-refractivity contribution in [2.75, 3.05) is 0 Å². The van der Waals surface area contributed by atoms with Gasteiger partial charge in [-0.05, 0) is 38.8 Å². The van der Waals surface area contributed by atoms with E-state index in [0.29, 0.717) is 6.54 Å². The number of hydrogen-bond acceptors (Lipinski definition) is 2. The van der Waals surface area contributed by atoms with Crippen LogP contribution in [0.1, 0.15) is 39.8 Å². The van der Waals surface area contributed by atoms with E-state index in [1.54, 1.807) is 0 Å². The number of benzene rings is 1. The number of hydrogen-bond donors (Lipinski definition) is 0. The summed E-state index contributed by atoms with van der Waals surface area (Å²) in [6.07, 6.45) is 0.955. The number of rotatable bonds is 4. The molecule has 1 aromatic heterocycles. The van der Waals surface area contributed by atoms with E-state index >= 15 is 0 Å². The minimum Gasteiger partial charge on any atom is -0.292 e. The maximum atomic E-state index is 12.3. The highest BCUT2D eigenvalue weighted by atomic mass is 16.1. The molecular formula is C16H20N2O. The Morgan fingerprint density at radius 3 is 2.58 bits per heavy atom. The van der Waals surface area contributed by atoms with Gasteiger partial charge in [-0.2, -0.15) is 5.10 Å². The van der Waals surface area contributed by atoms with Gasteiger partial charge in [0.2, 0.25) is 0 Å². The largest absolute Gasteiger partial charge is 0.292 e. The number of nitrogens with zero attached hydrogens (tertiary/aromatic N) is 2. The Morgan fingerprint density at radius 1 is 1.26 bits per heavy atom. The first-order chi connectivity index (χ1) is 9.02. The molecule has 0 aliphatic rings. The second-order valence-electron chi connectivity index (χ2n) is 4.95. The van der Waals surface area contributed by atoms with Gasteiger partial charge in [0.25, 0.3) is 0 Å². The van der Waals surface area contributed by atoms with Gasteiger partial charge in [-0.25, -0.2) is 0 Å². The van der Waals surface area contributed by atoms with Crippen LogP contribution < -0.4 is 0 Å². The lowest BCUT2D eigenvalue weighted by Crippen LogP contribution is -2.13. The van der Waals surface area contributed by atoms with Crippen molar-refractivity contribution in [2.24, 2.45) is 0 Å². The van der Waals surface area contributed by atoms with Crippen molar-refractivity contribution in [1.29, 1.82) is 0 Å². The van der Waals surface area contributed by atoms with E-state index < -0.39 is 0 Å². The van der Waals surface area contributed by atoms with E-state index in [-0.39, 0.29) is 5.78 Å². The molecule has 3 heteroatoms. The predicted octanol–water partition coefficient (Wildman–Crippen LogP) is 3.25. The average Bonchev–Trinajstić information content (AvgIpc) is 2.64. The summed E-state index contributed by atoms with van der Waals surface area (Å²) in [7, 11) is 0. The summed E-state index contributed by atoms with van der Waals surface area (Å²) in [5, 5.41) is 4.46. The number of Topliss-reactive ketones (excluding diaryl/α,β-unsaturated/α-hetero) is 1. The summed E-state index contributed by atoms with van der Waals surface area (Å²) in [5.41, 5.74) is 5.23. The Balaban J connectivity index is 2.24. The normalized spacial score (nSPS) is 10.7. The molecule has 0 atom stereocenters. The smallest absolute Gasteiger partial charge is 0.184 e. The highest BCUT2D eigenvalue weighted by Gasteiger charge is 2.13. The third-order valence-electron chi connectivity index (χ3n) is 3.52. The summed E-state index contributed by atoms with van der Waals surface area (Å²) in [4.78, 5) is 12.3. The maximum absolute atomic E-state index is 12.3. The third-order valence-corrected chi connectivity index (χ3v) is 3.52. The molecule has 100 valence electrons.